The lowest BCUT2D eigenvalue weighted by atomic mass is 10.2. The van der Waals surface area contributed by atoms with Gasteiger partial charge in [-0.15, -0.1) is 0 Å². The lowest BCUT2D eigenvalue weighted by Gasteiger charge is -2.08. The van der Waals surface area contributed by atoms with Crippen molar-refractivity contribution < 1.29 is 0 Å². The number of unbranched alkanes of at least 4 members (excludes halogenated alkanes) is 2. The molecule has 0 unspecified atom stereocenters. The van der Waals surface area contributed by atoms with Crippen LogP contribution in [0.2, 0.25) is 0 Å². The third kappa shape index (κ3) is 4.67. The van der Waals surface area contributed by atoms with Gasteiger partial charge in [0.25, 0.3) is 0 Å². The minimum absolute atomic E-state index is 0.640. The number of rotatable bonds is 5. The van der Waals surface area contributed by atoms with Crippen molar-refractivity contribution in [3.63, 3.8) is 0 Å². The highest BCUT2D eigenvalue weighted by atomic mass is 79.9. The summed E-state index contributed by atoms with van der Waals surface area (Å²) in [5.74, 6) is 0. The Morgan fingerprint density at radius 3 is 2.80 bits per heavy atom. The van der Waals surface area contributed by atoms with E-state index in [1.165, 1.54) is 0 Å². The Kier molecular flexibility index (Phi) is 5.74. The molecule has 15 heavy (non-hydrogen) atoms. The quantitative estimate of drug-likeness (QED) is 0.816. The van der Waals surface area contributed by atoms with E-state index in [1.807, 2.05) is 18.2 Å². The molecule has 1 N–H and O–H groups in total. The van der Waals surface area contributed by atoms with Gasteiger partial charge < -0.3 is 5.32 Å². The fourth-order valence-electron chi connectivity index (χ4n) is 1.19. The minimum Gasteiger partial charge on any atom is -0.384 e. The van der Waals surface area contributed by atoms with Gasteiger partial charge in [-0.05, 0) is 47.0 Å². The molecule has 0 fully saturated rings. The molecule has 1 rings (SSSR count). The summed E-state index contributed by atoms with van der Waals surface area (Å²) in [5.41, 5.74) is 1.08. The number of benzene rings is 1. The molecule has 0 spiro atoms. The Bertz CT molecular complexity index is 358. The maximum Gasteiger partial charge on any atom is 0.0621 e. The van der Waals surface area contributed by atoms with Gasteiger partial charge in [-0.3, -0.25) is 0 Å². The van der Waals surface area contributed by atoms with Crippen LogP contribution < -0.4 is 5.32 Å². The zero-order valence-electron chi connectivity index (χ0n) is 8.26. The van der Waals surface area contributed by atoms with Crippen LogP contribution in [-0.4, -0.2) is 6.54 Å². The van der Waals surface area contributed by atoms with Crippen molar-refractivity contribution in [3.8, 4) is 6.07 Å². The predicted octanol–water partition coefficient (Wildman–Crippen LogP) is 4.32. The van der Waals surface area contributed by atoms with Crippen LogP contribution in [0, 0.1) is 11.3 Å². The third-order valence-corrected chi connectivity index (χ3v) is 3.14. The van der Waals surface area contributed by atoms with Crippen LogP contribution in [0.5, 0.6) is 0 Å². The topological polar surface area (TPSA) is 35.8 Å². The average Bonchev–Trinajstić information content (AvgIpc) is 2.23. The van der Waals surface area contributed by atoms with Crippen LogP contribution in [0.15, 0.2) is 27.1 Å². The first-order chi connectivity index (χ1) is 7.24. The second-order valence-corrected chi connectivity index (χ2v) is 4.94. The summed E-state index contributed by atoms with van der Waals surface area (Å²) in [6.07, 6.45) is 2.61. The summed E-state index contributed by atoms with van der Waals surface area (Å²) >= 11 is 6.90. The van der Waals surface area contributed by atoms with E-state index < -0.39 is 0 Å². The van der Waals surface area contributed by atoms with Crippen LogP contribution >= 0.6 is 31.9 Å². The molecular weight excluding hydrogens is 320 g/mol. The third-order valence-electron chi connectivity index (χ3n) is 1.96. The molecule has 2 nitrogen and oxygen atoms in total. The van der Waals surface area contributed by atoms with E-state index in [4.69, 9.17) is 5.26 Å². The zero-order valence-corrected chi connectivity index (χ0v) is 11.4. The molecule has 1 aromatic carbocycles. The monoisotopic (exact) mass is 330 g/mol. The molecule has 4 heteroatoms. The number of nitrogens with zero attached hydrogens (tertiary/aromatic N) is 1. The lowest BCUT2D eigenvalue weighted by Crippen LogP contribution is -2.01. The second kappa shape index (κ2) is 6.86. The Morgan fingerprint density at radius 2 is 2.07 bits per heavy atom. The molecule has 0 atom stereocenters. The van der Waals surface area contributed by atoms with E-state index in [2.05, 4.69) is 43.2 Å². The molecule has 80 valence electrons. The Labute approximate surface area is 107 Å². The van der Waals surface area contributed by atoms with Crippen molar-refractivity contribution >= 4 is 37.5 Å². The van der Waals surface area contributed by atoms with E-state index in [0.29, 0.717) is 6.42 Å². The fourth-order valence-corrected chi connectivity index (χ4v) is 1.93. The second-order valence-electron chi connectivity index (χ2n) is 3.17. The van der Waals surface area contributed by atoms with Crippen molar-refractivity contribution in [1.82, 2.24) is 0 Å². The van der Waals surface area contributed by atoms with Gasteiger partial charge in [0.15, 0.2) is 0 Å². The van der Waals surface area contributed by atoms with E-state index in [9.17, 15) is 0 Å². The first-order valence-electron chi connectivity index (χ1n) is 4.80. The van der Waals surface area contributed by atoms with Crippen molar-refractivity contribution in [1.29, 1.82) is 5.26 Å². The highest BCUT2D eigenvalue weighted by molar-refractivity contribution is 9.11. The van der Waals surface area contributed by atoms with Gasteiger partial charge in [0.2, 0.25) is 0 Å². The molecule has 0 bridgehead atoms. The summed E-state index contributed by atoms with van der Waals surface area (Å²) < 4.78 is 2.12. The zero-order chi connectivity index (χ0) is 11.1. The molecule has 0 aliphatic rings. The molecule has 0 aliphatic heterocycles. The predicted molar refractivity (Wildman–Crippen MR) is 69.8 cm³/mol. The van der Waals surface area contributed by atoms with Gasteiger partial charge >= 0.3 is 0 Å². The maximum absolute atomic E-state index is 8.38. The van der Waals surface area contributed by atoms with E-state index in [-0.39, 0.29) is 0 Å². The Balaban J connectivity index is 2.37. The van der Waals surface area contributed by atoms with Crippen molar-refractivity contribution in [2.75, 3.05) is 11.9 Å². The summed E-state index contributed by atoms with van der Waals surface area (Å²) in [5, 5.41) is 11.7. The molecule has 0 saturated heterocycles. The van der Waals surface area contributed by atoms with Crippen molar-refractivity contribution in [2.45, 2.75) is 19.3 Å². The van der Waals surface area contributed by atoms with Crippen LogP contribution in [0.3, 0.4) is 0 Å². The molecule has 0 aromatic heterocycles. The number of hydrogen-bond donors (Lipinski definition) is 1. The van der Waals surface area contributed by atoms with E-state index in [0.717, 1.165) is 34.0 Å². The van der Waals surface area contributed by atoms with Gasteiger partial charge in [0.1, 0.15) is 0 Å². The fraction of sp³-hybridized carbons (Fsp3) is 0.364. The first-order valence-corrected chi connectivity index (χ1v) is 6.38. The van der Waals surface area contributed by atoms with E-state index in [1.54, 1.807) is 0 Å². The van der Waals surface area contributed by atoms with Crippen LogP contribution in [0.25, 0.3) is 0 Å². The Morgan fingerprint density at radius 1 is 1.27 bits per heavy atom. The van der Waals surface area contributed by atoms with Crippen molar-refractivity contribution in [3.05, 3.63) is 27.1 Å². The minimum atomic E-state index is 0.640. The maximum atomic E-state index is 8.38. The molecule has 0 amide bonds. The highest BCUT2D eigenvalue weighted by Gasteiger charge is 1.99. The largest absolute Gasteiger partial charge is 0.384 e. The molecule has 0 radical (unpaired) electrons. The number of anilines is 1. The number of hydrogen-bond acceptors (Lipinski definition) is 2. The summed E-state index contributed by atoms with van der Waals surface area (Å²) in [4.78, 5) is 0. The van der Waals surface area contributed by atoms with Gasteiger partial charge in [0.05, 0.1) is 6.07 Å². The van der Waals surface area contributed by atoms with Crippen molar-refractivity contribution in [2.24, 2.45) is 0 Å². The van der Waals surface area contributed by atoms with Gasteiger partial charge in [-0.1, -0.05) is 15.9 Å². The number of halogens is 2. The molecule has 0 heterocycles. The lowest BCUT2D eigenvalue weighted by molar-refractivity contribution is 0.784. The smallest absolute Gasteiger partial charge is 0.0621 e. The summed E-state index contributed by atoms with van der Waals surface area (Å²) in [6.45, 7) is 0.900. The molecule has 1 aromatic rings. The molecular formula is C11H12Br2N2. The SMILES string of the molecule is N#CCCCCNc1cc(Br)ccc1Br. The molecule has 0 saturated carbocycles. The number of nitriles is 1. The number of nitrogens with one attached hydrogen (secondary N) is 1. The van der Waals surface area contributed by atoms with Crippen LogP contribution in [0.1, 0.15) is 19.3 Å². The van der Waals surface area contributed by atoms with Gasteiger partial charge in [-0.25, -0.2) is 0 Å². The van der Waals surface area contributed by atoms with Gasteiger partial charge in [-0.2, -0.15) is 5.26 Å². The van der Waals surface area contributed by atoms with Crippen LogP contribution in [-0.2, 0) is 0 Å². The Hall–Kier alpha value is -0.530. The first kappa shape index (κ1) is 12.5. The summed E-state index contributed by atoms with van der Waals surface area (Å²) in [7, 11) is 0. The van der Waals surface area contributed by atoms with E-state index >= 15 is 0 Å². The summed E-state index contributed by atoms with van der Waals surface area (Å²) in [6, 6.07) is 8.17. The van der Waals surface area contributed by atoms with Gasteiger partial charge in [0, 0.05) is 27.6 Å². The highest BCUT2D eigenvalue weighted by Crippen LogP contribution is 2.26. The normalized spacial score (nSPS) is 9.67. The molecule has 0 aliphatic carbocycles. The average molecular weight is 332 g/mol. The standard InChI is InChI=1S/C11H12Br2N2/c12-9-4-5-10(13)11(8-9)15-7-3-1-2-6-14/h4-5,8,15H,1-3,7H2. The van der Waals surface area contributed by atoms with Crippen LogP contribution in [0.4, 0.5) is 5.69 Å².